The van der Waals surface area contributed by atoms with Gasteiger partial charge in [0.1, 0.15) is 0 Å². The molecular formula is C26H21O3+. The van der Waals surface area contributed by atoms with Crippen molar-refractivity contribution in [3.8, 4) is 33.8 Å². The summed E-state index contributed by atoms with van der Waals surface area (Å²) in [4.78, 5) is 11.9. The van der Waals surface area contributed by atoms with E-state index in [-0.39, 0.29) is 5.97 Å². The van der Waals surface area contributed by atoms with Gasteiger partial charge in [-0.25, -0.2) is 9.21 Å². The van der Waals surface area contributed by atoms with Gasteiger partial charge in [0.05, 0.1) is 35.4 Å². The number of hydrogen-bond acceptors (Lipinski definition) is 2. The van der Waals surface area contributed by atoms with E-state index in [0.29, 0.717) is 12.2 Å². The Morgan fingerprint density at radius 1 is 0.690 bits per heavy atom. The van der Waals surface area contributed by atoms with E-state index in [1.807, 2.05) is 84.9 Å². The molecule has 0 saturated carbocycles. The topological polar surface area (TPSA) is 37.6 Å². The van der Waals surface area contributed by atoms with Crippen molar-refractivity contribution in [1.82, 2.24) is 0 Å². The van der Waals surface area contributed by atoms with Crippen molar-refractivity contribution in [3.05, 3.63) is 103 Å². The van der Waals surface area contributed by atoms with E-state index in [9.17, 15) is 4.79 Å². The predicted octanol–water partition coefficient (Wildman–Crippen LogP) is 6.74. The molecule has 0 radical (unpaired) electrons. The summed E-state index contributed by atoms with van der Waals surface area (Å²) in [6.07, 6.45) is 0. The first-order valence-electron chi connectivity index (χ1n) is 9.61. The third-order valence-electron chi connectivity index (χ3n) is 4.64. The van der Waals surface area contributed by atoms with Crippen LogP contribution in [0.2, 0.25) is 0 Å². The maximum absolute atomic E-state index is 11.9. The zero-order chi connectivity index (χ0) is 20.1. The van der Waals surface area contributed by atoms with Gasteiger partial charge in [0.25, 0.3) is 0 Å². The van der Waals surface area contributed by atoms with Crippen LogP contribution in [0.15, 0.2) is 101 Å². The zero-order valence-electron chi connectivity index (χ0n) is 16.2. The molecule has 3 heteroatoms. The largest absolute Gasteiger partial charge is 0.462 e. The van der Waals surface area contributed by atoms with Crippen molar-refractivity contribution in [2.24, 2.45) is 0 Å². The van der Waals surface area contributed by atoms with Crippen molar-refractivity contribution < 1.29 is 13.9 Å². The quantitative estimate of drug-likeness (QED) is 0.284. The highest BCUT2D eigenvalue weighted by atomic mass is 16.5. The smallest absolute Gasteiger partial charge is 0.361 e. The van der Waals surface area contributed by atoms with E-state index in [4.69, 9.17) is 9.15 Å². The molecule has 29 heavy (non-hydrogen) atoms. The Kier molecular flexibility index (Phi) is 5.48. The lowest BCUT2D eigenvalue weighted by atomic mass is 10.0. The first kappa shape index (κ1) is 18.6. The van der Waals surface area contributed by atoms with Crippen LogP contribution in [0.3, 0.4) is 0 Å². The summed E-state index contributed by atoms with van der Waals surface area (Å²) in [5.74, 6) is 1.27. The number of ether oxygens (including phenoxy) is 1. The summed E-state index contributed by atoms with van der Waals surface area (Å²) in [5.41, 5.74) is 4.58. The minimum Gasteiger partial charge on any atom is -0.462 e. The molecule has 3 aromatic carbocycles. The molecule has 1 heterocycles. The van der Waals surface area contributed by atoms with E-state index in [2.05, 4.69) is 0 Å². The van der Waals surface area contributed by atoms with Crippen LogP contribution in [0.5, 0.6) is 0 Å². The van der Waals surface area contributed by atoms with Gasteiger partial charge in [-0.05, 0) is 48.9 Å². The fourth-order valence-electron chi connectivity index (χ4n) is 3.17. The van der Waals surface area contributed by atoms with Gasteiger partial charge in [-0.15, -0.1) is 0 Å². The molecule has 0 aliphatic heterocycles. The number of hydrogen-bond donors (Lipinski definition) is 0. The van der Waals surface area contributed by atoms with Gasteiger partial charge in [0.2, 0.25) is 0 Å². The van der Waals surface area contributed by atoms with E-state index < -0.39 is 0 Å². The molecule has 4 aromatic rings. The molecule has 0 spiro atoms. The molecular weight excluding hydrogens is 360 g/mol. The van der Waals surface area contributed by atoms with Gasteiger partial charge in [-0.3, -0.25) is 0 Å². The van der Waals surface area contributed by atoms with Gasteiger partial charge in [0.15, 0.2) is 0 Å². The molecule has 142 valence electrons. The van der Waals surface area contributed by atoms with Crippen LogP contribution in [0.4, 0.5) is 0 Å². The summed E-state index contributed by atoms with van der Waals surface area (Å²) >= 11 is 0. The van der Waals surface area contributed by atoms with Crippen molar-refractivity contribution in [2.75, 3.05) is 6.61 Å². The Morgan fingerprint density at radius 2 is 1.21 bits per heavy atom. The summed E-state index contributed by atoms with van der Waals surface area (Å²) in [6.45, 7) is 2.16. The van der Waals surface area contributed by atoms with Crippen molar-refractivity contribution >= 4 is 5.97 Å². The normalized spacial score (nSPS) is 10.5. The Bertz CT molecular complexity index is 1040. The Morgan fingerprint density at radius 3 is 1.69 bits per heavy atom. The van der Waals surface area contributed by atoms with Crippen molar-refractivity contribution in [1.29, 1.82) is 0 Å². The number of carbonyl (C=O) groups excluding carboxylic acids is 1. The van der Waals surface area contributed by atoms with Crippen LogP contribution < -0.4 is 0 Å². The fraction of sp³-hybridized carbons (Fsp3) is 0.0769. The lowest BCUT2D eigenvalue weighted by molar-refractivity contribution is 0.0526. The van der Waals surface area contributed by atoms with Crippen LogP contribution in [0, 0.1) is 0 Å². The Balaban J connectivity index is 1.79. The van der Waals surface area contributed by atoms with Gasteiger partial charge >= 0.3 is 17.5 Å². The number of benzene rings is 3. The standard InChI is InChI=1S/C26H21O3/c1-2-28-26(27)22-15-13-19(14-16-22)23-17-24(20-9-5-3-6-10-20)29-25(18-23)21-11-7-4-8-12-21/h3-18H,2H2,1H3/q+1. The van der Waals surface area contributed by atoms with Gasteiger partial charge in [0, 0.05) is 5.56 Å². The fourth-order valence-corrected chi connectivity index (χ4v) is 3.17. The van der Waals surface area contributed by atoms with Gasteiger partial charge < -0.3 is 4.74 Å². The summed E-state index contributed by atoms with van der Waals surface area (Å²) in [7, 11) is 0. The lowest BCUT2D eigenvalue weighted by Crippen LogP contribution is -2.04. The molecule has 0 bridgehead atoms. The monoisotopic (exact) mass is 381 g/mol. The first-order valence-corrected chi connectivity index (χ1v) is 9.61. The molecule has 3 nitrogen and oxygen atoms in total. The van der Waals surface area contributed by atoms with Crippen LogP contribution in [0.25, 0.3) is 33.8 Å². The number of rotatable bonds is 5. The molecule has 4 rings (SSSR count). The van der Waals surface area contributed by atoms with Gasteiger partial charge in [-0.1, -0.05) is 48.5 Å². The summed E-state index contributed by atoms with van der Waals surface area (Å²) in [6, 6.07) is 31.6. The average molecular weight is 381 g/mol. The van der Waals surface area contributed by atoms with Gasteiger partial charge in [-0.2, -0.15) is 0 Å². The van der Waals surface area contributed by atoms with Crippen LogP contribution >= 0.6 is 0 Å². The highest BCUT2D eigenvalue weighted by Gasteiger charge is 2.20. The lowest BCUT2D eigenvalue weighted by Gasteiger charge is -2.05. The predicted molar refractivity (Wildman–Crippen MR) is 115 cm³/mol. The second kappa shape index (κ2) is 8.53. The maximum Gasteiger partial charge on any atom is 0.361 e. The van der Waals surface area contributed by atoms with Crippen molar-refractivity contribution in [2.45, 2.75) is 6.92 Å². The van der Waals surface area contributed by atoms with E-state index in [1.165, 1.54) is 0 Å². The van der Waals surface area contributed by atoms with E-state index in [1.54, 1.807) is 19.1 Å². The summed E-state index contributed by atoms with van der Waals surface area (Å²) < 4.78 is 11.3. The highest BCUT2D eigenvalue weighted by molar-refractivity contribution is 5.90. The SMILES string of the molecule is CCOC(=O)c1ccc(-c2cc(-c3ccccc3)[o+]c(-c3ccccc3)c2)cc1. The zero-order valence-corrected chi connectivity index (χ0v) is 16.2. The molecule has 1 aromatic heterocycles. The third kappa shape index (κ3) is 4.25. The van der Waals surface area contributed by atoms with Crippen LogP contribution in [-0.2, 0) is 4.74 Å². The highest BCUT2D eigenvalue weighted by Crippen LogP contribution is 2.33. The van der Waals surface area contributed by atoms with Crippen LogP contribution in [-0.4, -0.2) is 12.6 Å². The third-order valence-corrected chi connectivity index (χ3v) is 4.64. The molecule has 0 N–H and O–H groups in total. The maximum atomic E-state index is 11.9. The van der Waals surface area contributed by atoms with E-state index >= 15 is 0 Å². The number of carbonyl (C=O) groups is 1. The Hall–Kier alpha value is -3.72. The minimum atomic E-state index is -0.308. The molecule has 0 amide bonds. The Labute approximate surface area is 170 Å². The first-order chi connectivity index (χ1) is 14.2. The van der Waals surface area contributed by atoms with Crippen LogP contribution in [0.1, 0.15) is 17.3 Å². The summed E-state index contributed by atoms with van der Waals surface area (Å²) in [5, 5.41) is 0. The van der Waals surface area contributed by atoms with E-state index in [0.717, 1.165) is 33.8 Å². The molecule has 0 saturated heterocycles. The number of esters is 1. The molecule has 0 aliphatic rings. The molecule has 0 aliphatic carbocycles. The van der Waals surface area contributed by atoms with Crippen molar-refractivity contribution in [3.63, 3.8) is 0 Å². The minimum absolute atomic E-state index is 0.308. The second-order valence-corrected chi connectivity index (χ2v) is 6.60. The average Bonchev–Trinajstić information content (AvgIpc) is 2.80. The molecule has 0 atom stereocenters. The molecule has 0 fully saturated rings. The second-order valence-electron chi connectivity index (χ2n) is 6.60. The molecule has 0 unspecified atom stereocenters.